The molecule has 2 aromatic carbocycles. The van der Waals surface area contributed by atoms with Gasteiger partial charge in [0.05, 0.1) is 25.5 Å². The number of ether oxygens (including phenoxy) is 1. The molecule has 1 aliphatic rings. The van der Waals surface area contributed by atoms with Gasteiger partial charge in [0.1, 0.15) is 17.1 Å². The molecule has 1 aromatic heterocycles. The molecular weight excluding hydrogens is 551 g/mol. The van der Waals surface area contributed by atoms with E-state index in [9.17, 15) is 19.8 Å². The van der Waals surface area contributed by atoms with Gasteiger partial charge in [0.25, 0.3) is 5.91 Å². The van der Waals surface area contributed by atoms with Gasteiger partial charge < -0.3 is 20.3 Å². The molecule has 216 valence electrons. The van der Waals surface area contributed by atoms with Crippen molar-refractivity contribution in [1.29, 1.82) is 0 Å². The number of guanidine groups is 1. The molecule has 41 heavy (non-hydrogen) atoms. The number of benzene rings is 2. The summed E-state index contributed by atoms with van der Waals surface area (Å²) in [7, 11) is 1.40. The zero-order valence-corrected chi connectivity index (χ0v) is 24.2. The maximum atomic E-state index is 15.6. The van der Waals surface area contributed by atoms with Gasteiger partial charge in [0, 0.05) is 28.4 Å². The fourth-order valence-corrected chi connectivity index (χ4v) is 5.47. The van der Waals surface area contributed by atoms with Crippen LogP contribution in [0.3, 0.4) is 0 Å². The lowest BCUT2D eigenvalue weighted by atomic mass is 9.75. The van der Waals surface area contributed by atoms with Gasteiger partial charge in [-0.25, -0.2) is 9.18 Å². The van der Waals surface area contributed by atoms with Gasteiger partial charge in [-0.05, 0) is 60.2 Å². The molecule has 11 heteroatoms. The normalized spacial score (nSPS) is 18.9. The van der Waals surface area contributed by atoms with Crippen molar-refractivity contribution >= 4 is 29.6 Å². The van der Waals surface area contributed by atoms with Gasteiger partial charge in [-0.15, -0.1) is 4.99 Å². The molecule has 2 atom stereocenters. The van der Waals surface area contributed by atoms with E-state index in [1.54, 1.807) is 30.5 Å². The first kappa shape index (κ1) is 30.0. The molecule has 1 fully saturated rings. The van der Waals surface area contributed by atoms with Crippen LogP contribution in [0.25, 0.3) is 11.3 Å². The van der Waals surface area contributed by atoms with Gasteiger partial charge in [0.15, 0.2) is 0 Å². The molecule has 1 aliphatic heterocycles. The molecule has 3 N–H and O–H groups in total. The number of aryl methyl sites for hydroxylation is 1. The molecule has 0 unspecified atom stereocenters. The molecule has 4 rings (SSSR count). The Morgan fingerprint density at radius 3 is 2.56 bits per heavy atom. The lowest BCUT2D eigenvalue weighted by Crippen LogP contribution is -2.47. The molecule has 3 aromatic rings. The zero-order chi connectivity index (χ0) is 30.1. The van der Waals surface area contributed by atoms with Crippen LogP contribution in [-0.4, -0.2) is 51.8 Å². The van der Waals surface area contributed by atoms with E-state index in [4.69, 9.17) is 16.3 Å². The number of aliphatic imine (C=N–C) groups is 1. The Morgan fingerprint density at radius 2 is 1.98 bits per heavy atom. The number of carbonyl (C=O) groups excluding carboxylic acids is 1. The second-order valence-electron chi connectivity index (χ2n) is 11.1. The number of hydrogen-bond donors (Lipinski definition) is 3. The van der Waals surface area contributed by atoms with Crippen LogP contribution in [0, 0.1) is 18.2 Å². The van der Waals surface area contributed by atoms with Gasteiger partial charge in [0.2, 0.25) is 5.96 Å². The number of amides is 2. The summed E-state index contributed by atoms with van der Waals surface area (Å²) < 4.78 is 20.8. The molecule has 2 heterocycles. The Bertz CT molecular complexity index is 1520. The molecule has 0 radical (unpaired) electrons. The summed E-state index contributed by atoms with van der Waals surface area (Å²) in [6.45, 7) is 6.93. The van der Waals surface area contributed by atoms with Crippen LogP contribution in [0.1, 0.15) is 49.9 Å². The van der Waals surface area contributed by atoms with Crippen molar-refractivity contribution in [2.75, 3.05) is 13.7 Å². The minimum absolute atomic E-state index is 0.00332. The molecule has 0 spiro atoms. The van der Waals surface area contributed by atoms with Crippen molar-refractivity contribution in [2.45, 2.75) is 45.7 Å². The number of methoxy groups -OCH3 is 1. The fourth-order valence-electron chi connectivity index (χ4n) is 5.27. The largest absolute Gasteiger partial charge is 0.497 e. The van der Waals surface area contributed by atoms with E-state index in [1.807, 2.05) is 33.8 Å². The molecule has 0 saturated carbocycles. The van der Waals surface area contributed by atoms with Crippen molar-refractivity contribution in [3.8, 4) is 17.0 Å². The van der Waals surface area contributed by atoms with E-state index >= 15 is 4.39 Å². The van der Waals surface area contributed by atoms with Gasteiger partial charge in [-0.2, -0.15) is 0 Å². The highest BCUT2D eigenvalue weighted by molar-refractivity contribution is 6.33. The molecule has 0 bridgehead atoms. The quantitative estimate of drug-likeness (QED) is 0.327. The summed E-state index contributed by atoms with van der Waals surface area (Å²) >= 11 is 6.53. The number of pyridine rings is 1. The zero-order valence-electron chi connectivity index (χ0n) is 23.4. The second-order valence-corrected chi connectivity index (χ2v) is 11.5. The lowest BCUT2D eigenvalue weighted by Gasteiger charge is -2.35. The Kier molecular flexibility index (Phi) is 8.37. The van der Waals surface area contributed by atoms with Crippen LogP contribution >= 0.6 is 11.6 Å². The molecule has 1 saturated heterocycles. The van der Waals surface area contributed by atoms with E-state index < -0.39 is 41.4 Å². The average Bonchev–Trinajstić information content (AvgIpc) is 3.15. The number of rotatable bonds is 7. The molecule has 2 amide bonds. The summed E-state index contributed by atoms with van der Waals surface area (Å²) in [4.78, 5) is 35.5. The minimum Gasteiger partial charge on any atom is -0.497 e. The molecular formula is C30H32ClFN4O5. The monoisotopic (exact) mass is 582 g/mol. The Hall–Kier alpha value is -4.02. The average molecular weight is 583 g/mol. The van der Waals surface area contributed by atoms with E-state index in [0.717, 1.165) is 16.5 Å². The highest BCUT2D eigenvalue weighted by atomic mass is 35.5. The first-order chi connectivity index (χ1) is 19.3. The topological polar surface area (TPSA) is 124 Å². The highest BCUT2D eigenvalue weighted by Crippen LogP contribution is 2.44. The highest BCUT2D eigenvalue weighted by Gasteiger charge is 2.56. The number of carbonyl (C=O) groups is 2. The fraction of sp³-hybridized carbons (Fsp3) is 0.333. The lowest BCUT2D eigenvalue weighted by molar-refractivity contribution is -0.135. The van der Waals surface area contributed by atoms with E-state index in [2.05, 4.69) is 15.3 Å². The van der Waals surface area contributed by atoms with Crippen LogP contribution in [-0.2, 0) is 10.3 Å². The maximum absolute atomic E-state index is 15.6. The van der Waals surface area contributed by atoms with Crippen molar-refractivity contribution in [3.05, 3.63) is 82.3 Å². The second kappa shape index (κ2) is 11.5. The third kappa shape index (κ3) is 5.89. The predicted molar refractivity (Wildman–Crippen MR) is 153 cm³/mol. The van der Waals surface area contributed by atoms with E-state index in [1.165, 1.54) is 19.2 Å². The molecule has 0 aliphatic carbocycles. The van der Waals surface area contributed by atoms with Gasteiger partial charge >= 0.3 is 6.09 Å². The SMILES string of the molecule is COc1ccc([C@@]2(CC(C)(C)C)N/C(=N\C(=O)O)N([C@H](CO)c3ccc(Cl)c(-c4ncccc4C)c3)C2=O)c(F)c1. The van der Waals surface area contributed by atoms with Crippen molar-refractivity contribution in [1.82, 2.24) is 15.2 Å². The number of carboxylic acid groups (broad SMARTS) is 1. The Balaban J connectivity index is 1.92. The number of nitrogens with one attached hydrogen (secondary N) is 1. The van der Waals surface area contributed by atoms with Crippen molar-refractivity contribution < 1.29 is 28.9 Å². The van der Waals surface area contributed by atoms with Crippen molar-refractivity contribution in [2.24, 2.45) is 10.4 Å². The van der Waals surface area contributed by atoms with E-state index in [0.29, 0.717) is 21.8 Å². The summed E-state index contributed by atoms with van der Waals surface area (Å²) in [5.41, 5.74) is 0.228. The molecule has 9 nitrogen and oxygen atoms in total. The Labute approximate surface area is 242 Å². The first-order valence-corrected chi connectivity index (χ1v) is 13.3. The van der Waals surface area contributed by atoms with Crippen LogP contribution in [0.5, 0.6) is 5.75 Å². The van der Waals surface area contributed by atoms with Crippen LogP contribution in [0.4, 0.5) is 9.18 Å². The van der Waals surface area contributed by atoms with Crippen molar-refractivity contribution in [3.63, 3.8) is 0 Å². The predicted octanol–water partition coefficient (Wildman–Crippen LogP) is 5.69. The first-order valence-electron chi connectivity index (χ1n) is 12.9. The maximum Gasteiger partial charge on any atom is 0.434 e. The number of aliphatic hydroxyl groups is 1. The number of hydrogen-bond acceptors (Lipinski definition) is 5. The minimum atomic E-state index is -1.73. The summed E-state index contributed by atoms with van der Waals surface area (Å²) in [5, 5.41) is 23.6. The van der Waals surface area contributed by atoms with Gasteiger partial charge in [-0.1, -0.05) is 44.5 Å². The summed E-state index contributed by atoms with van der Waals surface area (Å²) in [6.07, 6.45) is 0.142. The smallest absolute Gasteiger partial charge is 0.434 e. The Morgan fingerprint density at radius 1 is 1.24 bits per heavy atom. The number of halogens is 2. The third-order valence-electron chi connectivity index (χ3n) is 6.89. The third-order valence-corrected chi connectivity index (χ3v) is 7.22. The van der Waals surface area contributed by atoms with Crippen LogP contribution < -0.4 is 10.1 Å². The number of nitrogens with zero attached hydrogens (tertiary/aromatic N) is 3. The van der Waals surface area contributed by atoms with Crippen LogP contribution in [0.2, 0.25) is 5.02 Å². The van der Waals surface area contributed by atoms with Crippen LogP contribution in [0.15, 0.2) is 59.7 Å². The summed E-state index contributed by atoms with van der Waals surface area (Å²) in [5.74, 6) is -1.45. The number of aliphatic hydroxyl groups excluding tert-OH is 1. The van der Waals surface area contributed by atoms with Gasteiger partial charge in [-0.3, -0.25) is 14.7 Å². The summed E-state index contributed by atoms with van der Waals surface area (Å²) in [6, 6.07) is 11.7. The standard InChI is InChI=1S/C30H32ClFN4O5/c1-17-7-6-12-33-25(17)20-13-18(8-11-22(20)31)24(15-37)36-26(38)30(16-29(2,3)4,35-27(36)34-28(39)40)21-10-9-19(41-5)14-23(21)32/h6-14,24,37H,15-16H2,1-5H3,(H,34,35)(H,39,40)/t24-,30-/m1/s1. The van der Waals surface area contributed by atoms with E-state index in [-0.39, 0.29) is 23.7 Å². The number of aromatic nitrogens is 1.